The third-order valence-corrected chi connectivity index (χ3v) is 3.93. The molecule has 102 valence electrons. The Kier molecular flexibility index (Phi) is 4.42. The summed E-state index contributed by atoms with van der Waals surface area (Å²) < 4.78 is 5.62. The van der Waals surface area contributed by atoms with Crippen molar-refractivity contribution in [3.05, 3.63) is 32.3 Å². The maximum absolute atomic E-state index is 12.4. The molecule has 2 atom stereocenters. The number of hydrogen-bond acceptors (Lipinski definition) is 4. The Hall–Kier alpha value is -1.56. The average Bonchev–Trinajstić information content (AvgIpc) is 2.83. The summed E-state index contributed by atoms with van der Waals surface area (Å²) in [6.45, 7) is 5.47. The number of azide groups is 1. The molecule has 19 heavy (non-hydrogen) atoms. The fraction of sp³-hybridized carbons (Fsp3) is 0.583. The van der Waals surface area contributed by atoms with E-state index in [-0.39, 0.29) is 18.1 Å². The maximum Gasteiger partial charge on any atom is 0.264 e. The monoisotopic (exact) mass is 280 g/mol. The third-order valence-electron chi connectivity index (χ3n) is 2.87. The topological polar surface area (TPSA) is 78.3 Å². The lowest BCUT2D eigenvalue weighted by atomic mass is 10.2. The molecule has 0 unspecified atom stereocenters. The summed E-state index contributed by atoms with van der Waals surface area (Å²) in [5.74, 6) is 0.0270. The number of carbonyl (C=O) groups is 1. The van der Waals surface area contributed by atoms with Crippen LogP contribution in [0.5, 0.6) is 0 Å². The van der Waals surface area contributed by atoms with Gasteiger partial charge in [-0.05, 0) is 31.5 Å². The third kappa shape index (κ3) is 3.47. The molecule has 1 aromatic heterocycles. The van der Waals surface area contributed by atoms with Gasteiger partial charge in [0.15, 0.2) is 0 Å². The van der Waals surface area contributed by atoms with Gasteiger partial charge in [-0.15, -0.1) is 11.3 Å². The number of carbonyl (C=O) groups excluding carboxylic acids is 1. The highest BCUT2D eigenvalue weighted by Crippen LogP contribution is 2.21. The second-order valence-corrected chi connectivity index (χ2v) is 5.79. The van der Waals surface area contributed by atoms with Gasteiger partial charge in [0.05, 0.1) is 23.6 Å². The quantitative estimate of drug-likeness (QED) is 0.485. The first-order chi connectivity index (χ1) is 9.10. The number of thiophene rings is 1. The molecule has 0 aromatic carbocycles. The Balaban J connectivity index is 2.06. The smallest absolute Gasteiger partial charge is 0.264 e. The van der Waals surface area contributed by atoms with E-state index in [1.54, 1.807) is 6.07 Å². The lowest BCUT2D eigenvalue weighted by Gasteiger charge is -2.35. The molecule has 1 saturated heterocycles. The van der Waals surface area contributed by atoms with Crippen molar-refractivity contribution in [1.82, 2.24) is 4.90 Å². The Labute approximate surface area is 115 Å². The largest absolute Gasteiger partial charge is 0.372 e. The summed E-state index contributed by atoms with van der Waals surface area (Å²) in [5, 5.41) is 3.50. The van der Waals surface area contributed by atoms with Crippen LogP contribution in [-0.2, 0) is 11.3 Å². The first kappa shape index (κ1) is 13.9. The molecule has 0 bridgehead atoms. The molecule has 1 fully saturated rings. The standard InChI is InChI=1S/C12H16N4O2S/c1-8-6-16(7-9(2)18-8)12(17)11-4-3-10(19-11)5-14-15-13/h3-4,8-9H,5-7H2,1-2H3/t8-,9+. The summed E-state index contributed by atoms with van der Waals surface area (Å²) in [6, 6.07) is 3.62. The van der Waals surface area contributed by atoms with Gasteiger partial charge in [-0.1, -0.05) is 5.11 Å². The van der Waals surface area contributed by atoms with Crippen LogP contribution in [0.25, 0.3) is 10.4 Å². The molecule has 0 saturated carbocycles. The molecule has 1 aromatic rings. The van der Waals surface area contributed by atoms with E-state index in [2.05, 4.69) is 10.0 Å². The molecular weight excluding hydrogens is 264 g/mol. The van der Waals surface area contributed by atoms with E-state index in [4.69, 9.17) is 10.3 Å². The van der Waals surface area contributed by atoms with Crippen molar-refractivity contribution in [3.8, 4) is 0 Å². The molecule has 1 amide bonds. The fourth-order valence-electron chi connectivity index (χ4n) is 2.18. The summed E-state index contributed by atoms with van der Waals surface area (Å²) >= 11 is 1.38. The van der Waals surface area contributed by atoms with E-state index >= 15 is 0 Å². The van der Waals surface area contributed by atoms with Crippen molar-refractivity contribution in [3.63, 3.8) is 0 Å². The second-order valence-electron chi connectivity index (χ2n) is 4.62. The second kappa shape index (κ2) is 6.06. The first-order valence-electron chi connectivity index (χ1n) is 6.14. The zero-order valence-corrected chi connectivity index (χ0v) is 11.8. The Morgan fingerprint density at radius 3 is 2.84 bits per heavy atom. The van der Waals surface area contributed by atoms with Gasteiger partial charge in [0.2, 0.25) is 0 Å². The molecule has 0 N–H and O–H groups in total. The van der Waals surface area contributed by atoms with E-state index in [0.717, 1.165) is 4.88 Å². The minimum Gasteiger partial charge on any atom is -0.372 e. The highest BCUT2D eigenvalue weighted by atomic mass is 32.1. The van der Waals surface area contributed by atoms with Crippen LogP contribution in [0, 0.1) is 0 Å². The number of morpholine rings is 1. The van der Waals surface area contributed by atoms with Gasteiger partial charge in [0, 0.05) is 22.9 Å². The number of rotatable bonds is 3. The highest BCUT2D eigenvalue weighted by molar-refractivity contribution is 7.14. The van der Waals surface area contributed by atoms with Gasteiger partial charge >= 0.3 is 0 Å². The van der Waals surface area contributed by atoms with E-state index in [9.17, 15) is 4.79 Å². The van der Waals surface area contributed by atoms with Crippen LogP contribution < -0.4 is 0 Å². The molecule has 6 nitrogen and oxygen atoms in total. The number of nitrogens with zero attached hydrogens (tertiary/aromatic N) is 4. The van der Waals surface area contributed by atoms with Crippen LogP contribution in [-0.4, -0.2) is 36.1 Å². The SMILES string of the molecule is C[C@@H]1CN(C(=O)c2ccc(CN=[N+]=[N-])s2)C[C@H](C)O1. The highest BCUT2D eigenvalue weighted by Gasteiger charge is 2.27. The number of amides is 1. The summed E-state index contributed by atoms with van der Waals surface area (Å²) in [7, 11) is 0. The van der Waals surface area contributed by atoms with Crippen LogP contribution in [0.4, 0.5) is 0 Å². The molecule has 0 spiro atoms. The van der Waals surface area contributed by atoms with E-state index in [1.165, 1.54) is 11.3 Å². The minimum atomic E-state index is 0.0270. The van der Waals surface area contributed by atoms with Gasteiger partial charge in [-0.2, -0.15) is 0 Å². The zero-order valence-electron chi connectivity index (χ0n) is 10.9. The Morgan fingerprint density at radius 1 is 1.53 bits per heavy atom. The lowest BCUT2D eigenvalue weighted by molar-refractivity contribution is -0.0585. The number of ether oxygens (including phenoxy) is 1. The predicted molar refractivity (Wildman–Crippen MR) is 73.1 cm³/mol. The van der Waals surface area contributed by atoms with Crippen molar-refractivity contribution in [2.24, 2.45) is 5.11 Å². The molecule has 1 aliphatic rings. The molecule has 1 aliphatic heterocycles. The fourth-order valence-corrected chi connectivity index (χ4v) is 3.07. The van der Waals surface area contributed by atoms with Crippen LogP contribution in [0.1, 0.15) is 28.4 Å². The summed E-state index contributed by atoms with van der Waals surface area (Å²) in [5.41, 5.74) is 8.28. The van der Waals surface area contributed by atoms with Crippen LogP contribution >= 0.6 is 11.3 Å². The molecule has 2 rings (SSSR count). The Bertz CT molecular complexity index is 500. The lowest BCUT2D eigenvalue weighted by Crippen LogP contribution is -2.48. The maximum atomic E-state index is 12.4. The first-order valence-corrected chi connectivity index (χ1v) is 6.96. The average molecular weight is 280 g/mol. The predicted octanol–water partition coefficient (Wildman–Crippen LogP) is 2.81. The van der Waals surface area contributed by atoms with Crippen molar-refractivity contribution in [2.45, 2.75) is 32.6 Å². The van der Waals surface area contributed by atoms with E-state index in [1.807, 2.05) is 24.8 Å². The van der Waals surface area contributed by atoms with Gasteiger partial charge in [-0.25, -0.2) is 0 Å². The van der Waals surface area contributed by atoms with Crippen molar-refractivity contribution < 1.29 is 9.53 Å². The number of hydrogen-bond donors (Lipinski definition) is 0. The van der Waals surface area contributed by atoms with Crippen molar-refractivity contribution in [1.29, 1.82) is 0 Å². The van der Waals surface area contributed by atoms with Crippen molar-refractivity contribution in [2.75, 3.05) is 13.1 Å². The van der Waals surface area contributed by atoms with E-state index < -0.39 is 0 Å². The van der Waals surface area contributed by atoms with Gasteiger partial charge in [0.25, 0.3) is 5.91 Å². The van der Waals surface area contributed by atoms with Crippen LogP contribution in [0.2, 0.25) is 0 Å². The molecule has 7 heteroatoms. The molecule has 0 radical (unpaired) electrons. The van der Waals surface area contributed by atoms with E-state index in [0.29, 0.717) is 24.5 Å². The van der Waals surface area contributed by atoms with Crippen LogP contribution in [0.15, 0.2) is 17.2 Å². The van der Waals surface area contributed by atoms with Crippen molar-refractivity contribution >= 4 is 17.2 Å². The molecule has 2 heterocycles. The molecular formula is C12H16N4O2S. The zero-order chi connectivity index (χ0) is 13.8. The van der Waals surface area contributed by atoms with Gasteiger partial charge < -0.3 is 9.64 Å². The summed E-state index contributed by atoms with van der Waals surface area (Å²) in [6.07, 6.45) is 0.130. The van der Waals surface area contributed by atoms with Gasteiger partial charge in [-0.3, -0.25) is 4.79 Å². The van der Waals surface area contributed by atoms with Gasteiger partial charge in [0.1, 0.15) is 0 Å². The Morgan fingerprint density at radius 2 is 2.21 bits per heavy atom. The minimum absolute atomic E-state index is 0.0270. The normalized spacial score (nSPS) is 22.9. The molecule has 0 aliphatic carbocycles. The van der Waals surface area contributed by atoms with Crippen LogP contribution in [0.3, 0.4) is 0 Å². The summed E-state index contributed by atoms with van der Waals surface area (Å²) in [4.78, 5) is 18.5.